The molecule has 0 aromatic heterocycles. The number of hydrogen-bond acceptors (Lipinski definition) is 6. The molecule has 1 aromatic rings. The summed E-state index contributed by atoms with van der Waals surface area (Å²) < 4.78 is 10.1. The van der Waals surface area contributed by atoms with Gasteiger partial charge in [0.2, 0.25) is 0 Å². The Balaban J connectivity index is 2.06. The van der Waals surface area contributed by atoms with E-state index in [9.17, 15) is 14.4 Å². The van der Waals surface area contributed by atoms with Gasteiger partial charge in [-0.1, -0.05) is 44.2 Å². The predicted octanol–water partition coefficient (Wildman–Crippen LogP) is 4.28. The van der Waals surface area contributed by atoms with Crippen LogP contribution in [-0.2, 0) is 20.9 Å². The van der Waals surface area contributed by atoms with Crippen molar-refractivity contribution in [1.82, 2.24) is 4.90 Å². The minimum atomic E-state index is -1.04. The lowest BCUT2D eigenvalue weighted by Gasteiger charge is -2.45. The average Bonchev–Trinajstić information content (AvgIpc) is 2.67. The van der Waals surface area contributed by atoms with E-state index in [4.69, 9.17) is 15.2 Å². The Morgan fingerprint density at radius 2 is 1.77 bits per heavy atom. The molecule has 1 fully saturated rings. The molecule has 1 aliphatic carbocycles. The van der Waals surface area contributed by atoms with E-state index >= 15 is 0 Å². The molecule has 0 unspecified atom stereocenters. The molecule has 1 amide bonds. The zero-order valence-electron chi connectivity index (χ0n) is 18.6. The van der Waals surface area contributed by atoms with Gasteiger partial charge in [0.15, 0.2) is 0 Å². The van der Waals surface area contributed by atoms with E-state index in [-0.39, 0.29) is 36.3 Å². The van der Waals surface area contributed by atoms with Crippen molar-refractivity contribution in [2.75, 3.05) is 0 Å². The summed E-state index contributed by atoms with van der Waals surface area (Å²) in [6.45, 7) is 9.35. The van der Waals surface area contributed by atoms with Crippen molar-refractivity contribution in [2.45, 2.75) is 78.1 Å². The Morgan fingerprint density at radius 1 is 1.13 bits per heavy atom. The first kappa shape index (κ1) is 23.9. The van der Waals surface area contributed by atoms with Crippen molar-refractivity contribution in [1.29, 1.82) is 0 Å². The molecule has 0 saturated heterocycles. The van der Waals surface area contributed by atoms with Crippen LogP contribution in [-0.4, -0.2) is 40.6 Å². The molecule has 0 radical (unpaired) electrons. The van der Waals surface area contributed by atoms with Crippen LogP contribution in [0.25, 0.3) is 0 Å². The van der Waals surface area contributed by atoms with Crippen molar-refractivity contribution in [2.24, 2.45) is 17.6 Å². The zero-order valence-corrected chi connectivity index (χ0v) is 18.6. The second kappa shape index (κ2) is 10.1. The lowest BCUT2D eigenvalue weighted by atomic mass is 9.76. The molecular formula is C23H34N2O5. The van der Waals surface area contributed by atoms with Gasteiger partial charge in [0, 0.05) is 29.5 Å². The minimum absolute atomic E-state index is 0.0196. The summed E-state index contributed by atoms with van der Waals surface area (Å²) in [7, 11) is 0. The topological polar surface area (TPSA) is 98.9 Å². The van der Waals surface area contributed by atoms with Crippen LogP contribution in [0, 0.1) is 11.8 Å². The summed E-state index contributed by atoms with van der Waals surface area (Å²) in [6.07, 6.45) is -0.0679. The molecule has 1 saturated carbocycles. The normalized spacial score (nSPS) is 21.8. The molecule has 0 bridgehead atoms. The van der Waals surface area contributed by atoms with E-state index in [1.807, 2.05) is 65.0 Å². The second-order valence-electron chi connectivity index (χ2n) is 9.23. The molecule has 1 aliphatic rings. The molecule has 7 heteroatoms. The third-order valence-corrected chi connectivity index (χ3v) is 5.47. The summed E-state index contributed by atoms with van der Waals surface area (Å²) in [5.74, 6) is -0.328. The van der Waals surface area contributed by atoms with Gasteiger partial charge in [-0.05, 0) is 45.6 Å². The van der Waals surface area contributed by atoms with Gasteiger partial charge in [-0.2, -0.15) is 0 Å². The first-order valence-electron chi connectivity index (χ1n) is 10.5. The van der Waals surface area contributed by atoms with Crippen LogP contribution in [0.5, 0.6) is 0 Å². The molecule has 2 rings (SSSR count). The van der Waals surface area contributed by atoms with Gasteiger partial charge in [-0.3, -0.25) is 9.69 Å². The van der Waals surface area contributed by atoms with Crippen molar-refractivity contribution in [3.8, 4) is 0 Å². The smallest absolute Gasteiger partial charge is 0.429 e. The highest BCUT2D eigenvalue weighted by molar-refractivity contribution is 5.84. The fourth-order valence-electron chi connectivity index (χ4n) is 4.00. The number of nitrogens with two attached hydrogens (primary N) is 1. The standard InChI is InChI=1S/C23H34N2O5/c1-15(2)20(26)18-13-17(11-12-19(18)24)25(23(3,4)5)21(27)30-22(28)29-14-16-9-7-6-8-10-16/h6-10,15,17-19H,11-14,24H2,1-5H3/t17-,18-,19+/m1/s1. The van der Waals surface area contributed by atoms with Gasteiger partial charge >= 0.3 is 12.2 Å². The van der Waals surface area contributed by atoms with Crippen LogP contribution in [0.1, 0.15) is 59.4 Å². The van der Waals surface area contributed by atoms with Gasteiger partial charge in [0.1, 0.15) is 12.4 Å². The molecule has 0 heterocycles. The van der Waals surface area contributed by atoms with Gasteiger partial charge in [-0.15, -0.1) is 0 Å². The van der Waals surface area contributed by atoms with E-state index < -0.39 is 17.8 Å². The highest BCUT2D eigenvalue weighted by Crippen LogP contribution is 2.33. The largest absolute Gasteiger partial charge is 0.517 e. The van der Waals surface area contributed by atoms with Crippen LogP contribution in [0.15, 0.2) is 30.3 Å². The SMILES string of the molecule is CC(C)C(=O)[C@@H]1C[C@H](N(C(=O)OC(=O)OCc2ccccc2)C(C)(C)C)CC[C@@H]1N. The lowest BCUT2D eigenvalue weighted by Crippen LogP contribution is -2.56. The van der Waals surface area contributed by atoms with Crippen LogP contribution in [0.2, 0.25) is 0 Å². The second-order valence-corrected chi connectivity index (χ2v) is 9.23. The summed E-state index contributed by atoms with van der Waals surface area (Å²) in [6, 6.07) is 8.69. The fraction of sp³-hybridized carbons (Fsp3) is 0.609. The Morgan fingerprint density at radius 3 is 2.33 bits per heavy atom. The van der Waals surface area contributed by atoms with Crippen LogP contribution in [0.4, 0.5) is 9.59 Å². The number of carbonyl (C=O) groups excluding carboxylic acids is 3. The van der Waals surface area contributed by atoms with E-state index in [2.05, 4.69) is 0 Å². The molecular weight excluding hydrogens is 384 g/mol. The number of carbonyl (C=O) groups is 3. The van der Waals surface area contributed by atoms with E-state index in [0.717, 1.165) is 5.56 Å². The van der Waals surface area contributed by atoms with E-state index in [1.54, 1.807) is 4.90 Å². The quantitative estimate of drug-likeness (QED) is 0.566. The molecule has 3 atom stereocenters. The number of hydrogen-bond donors (Lipinski definition) is 1. The van der Waals surface area contributed by atoms with Crippen molar-refractivity contribution >= 4 is 18.0 Å². The minimum Gasteiger partial charge on any atom is -0.429 e. The first-order chi connectivity index (χ1) is 14.0. The highest BCUT2D eigenvalue weighted by atomic mass is 16.7. The molecule has 0 spiro atoms. The number of ketones is 1. The van der Waals surface area contributed by atoms with Gasteiger partial charge < -0.3 is 15.2 Å². The monoisotopic (exact) mass is 418 g/mol. The number of Topliss-reactive ketones (excluding diaryl/α,β-unsaturated/α-hetero) is 1. The summed E-state index contributed by atoms with van der Waals surface area (Å²) in [5, 5.41) is 0. The predicted molar refractivity (Wildman–Crippen MR) is 114 cm³/mol. The number of ether oxygens (including phenoxy) is 2. The molecule has 7 nitrogen and oxygen atoms in total. The fourth-order valence-corrected chi connectivity index (χ4v) is 4.00. The third-order valence-electron chi connectivity index (χ3n) is 5.47. The Labute approximate surface area is 178 Å². The summed E-state index contributed by atoms with van der Waals surface area (Å²) >= 11 is 0. The Bertz CT molecular complexity index is 742. The van der Waals surface area contributed by atoms with Gasteiger partial charge in [-0.25, -0.2) is 9.59 Å². The number of benzene rings is 1. The molecule has 30 heavy (non-hydrogen) atoms. The first-order valence-corrected chi connectivity index (χ1v) is 10.5. The van der Waals surface area contributed by atoms with E-state index in [1.165, 1.54) is 0 Å². The summed E-state index contributed by atoms with van der Waals surface area (Å²) in [4.78, 5) is 39.1. The Kier molecular flexibility index (Phi) is 8.01. The molecule has 0 aliphatic heterocycles. The molecule has 1 aromatic carbocycles. The maximum absolute atomic E-state index is 12.9. The van der Waals surface area contributed by atoms with Crippen LogP contribution in [0.3, 0.4) is 0 Å². The van der Waals surface area contributed by atoms with Crippen molar-refractivity contribution in [3.63, 3.8) is 0 Å². The van der Waals surface area contributed by atoms with Crippen molar-refractivity contribution in [3.05, 3.63) is 35.9 Å². The zero-order chi connectivity index (χ0) is 22.5. The Hall–Kier alpha value is -2.41. The molecule has 166 valence electrons. The maximum atomic E-state index is 12.9. The summed E-state index contributed by atoms with van der Waals surface area (Å²) in [5.41, 5.74) is 6.41. The maximum Gasteiger partial charge on any atom is 0.517 e. The van der Waals surface area contributed by atoms with Crippen LogP contribution >= 0.6 is 0 Å². The van der Waals surface area contributed by atoms with Gasteiger partial charge in [0.25, 0.3) is 0 Å². The van der Waals surface area contributed by atoms with Gasteiger partial charge in [0.05, 0.1) is 0 Å². The average molecular weight is 419 g/mol. The van der Waals surface area contributed by atoms with Crippen molar-refractivity contribution < 1.29 is 23.9 Å². The lowest BCUT2D eigenvalue weighted by molar-refractivity contribution is -0.128. The third kappa shape index (κ3) is 6.29. The molecule has 2 N–H and O–H groups in total. The van der Waals surface area contributed by atoms with E-state index in [0.29, 0.717) is 19.3 Å². The highest BCUT2D eigenvalue weighted by Gasteiger charge is 2.42. The number of rotatable bonds is 5. The number of nitrogens with zero attached hydrogens (tertiary/aromatic N) is 1. The van der Waals surface area contributed by atoms with Crippen LogP contribution < -0.4 is 5.73 Å². The number of amides is 1.